The number of rotatable bonds is 5. The molecule has 1 aromatic rings. The highest BCUT2D eigenvalue weighted by molar-refractivity contribution is 5.94. The first kappa shape index (κ1) is 14.5. The Bertz CT molecular complexity index is 497. The van der Waals surface area contributed by atoms with Crippen LogP contribution in [0.25, 0.3) is 0 Å². The van der Waals surface area contributed by atoms with E-state index in [4.69, 9.17) is 0 Å². The van der Waals surface area contributed by atoms with E-state index in [1.165, 1.54) is 6.33 Å². The molecule has 0 aromatic carbocycles. The molecule has 2 heterocycles. The first-order valence-corrected chi connectivity index (χ1v) is 6.96. The molecule has 2 amide bonds. The standard InChI is InChI=1S/C13H21N5O2/c1-4-10-13(20)17(7-12(19)16-10)6-11-14-8-15-18(11)5-9(2)3/h8-10H,4-7H2,1-3H3,(H,16,19). The third kappa shape index (κ3) is 3.15. The van der Waals surface area contributed by atoms with Crippen LogP contribution < -0.4 is 5.32 Å². The van der Waals surface area contributed by atoms with Crippen LogP contribution in [-0.2, 0) is 22.7 Å². The van der Waals surface area contributed by atoms with E-state index in [0.717, 1.165) is 12.4 Å². The second kappa shape index (κ2) is 6.02. The van der Waals surface area contributed by atoms with E-state index < -0.39 is 6.04 Å². The summed E-state index contributed by atoms with van der Waals surface area (Å²) in [6.07, 6.45) is 2.09. The normalized spacial score (nSPS) is 19.6. The number of hydrogen-bond donors (Lipinski definition) is 1. The van der Waals surface area contributed by atoms with Gasteiger partial charge in [-0.3, -0.25) is 9.59 Å². The van der Waals surface area contributed by atoms with Gasteiger partial charge in [0, 0.05) is 6.54 Å². The fraction of sp³-hybridized carbons (Fsp3) is 0.692. The molecule has 1 N–H and O–H groups in total. The molecular weight excluding hydrogens is 258 g/mol. The van der Waals surface area contributed by atoms with Crippen molar-refractivity contribution in [3.8, 4) is 0 Å². The average Bonchev–Trinajstić information content (AvgIpc) is 2.80. The van der Waals surface area contributed by atoms with Crippen LogP contribution in [0.4, 0.5) is 0 Å². The maximum atomic E-state index is 12.2. The van der Waals surface area contributed by atoms with Crippen LogP contribution in [0.15, 0.2) is 6.33 Å². The Morgan fingerprint density at radius 2 is 2.20 bits per heavy atom. The molecule has 1 aliphatic rings. The lowest BCUT2D eigenvalue weighted by atomic mass is 10.1. The lowest BCUT2D eigenvalue weighted by Gasteiger charge is -2.31. The minimum Gasteiger partial charge on any atom is -0.343 e. The van der Waals surface area contributed by atoms with Crippen LogP contribution in [-0.4, -0.2) is 44.1 Å². The van der Waals surface area contributed by atoms with Crippen LogP contribution in [0, 0.1) is 5.92 Å². The number of nitrogens with zero attached hydrogens (tertiary/aromatic N) is 4. The number of carbonyl (C=O) groups excluding carboxylic acids is 2. The van der Waals surface area contributed by atoms with Gasteiger partial charge in [0.2, 0.25) is 11.8 Å². The van der Waals surface area contributed by atoms with Gasteiger partial charge < -0.3 is 10.2 Å². The third-order valence-corrected chi connectivity index (χ3v) is 3.25. The highest BCUT2D eigenvalue weighted by Crippen LogP contribution is 2.10. The summed E-state index contributed by atoms with van der Waals surface area (Å²) in [5, 5.41) is 6.87. The summed E-state index contributed by atoms with van der Waals surface area (Å²) in [7, 11) is 0. The molecule has 1 atom stereocenters. The molecule has 0 aliphatic carbocycles. The van der Waals surface area contributed by atoms with Crippen molar-refractivity contribution in [1.82, 2.24) is 25.0 Å². The SMILES string of the molecule is CCC1NC(=O)CN(Cc2ncnn2CC(C)C)C1=O. The van der Waals surface area contributed by atoms with E-state index in [-0.39, 0.29) is 18.4 Å². The smallest absolute Gasteiger partial charge is 0.246 e. The van der Waals surface area contributed by atoms with E-state index in [9.17, 15) is 9.59 Å². The lowest BCUT2D eigenvalue weighted by molar-refractivity contribution is -0.145. The number of piperazine rings is 1. The van der Waals surface area contributed by atoms with E-state index >= 15 is 0 Å². The Hall–Kier alpha value is -1.92. The van der Waals surface area contributed by atoms with Gasteiger partial charge in [0.1, 0.15) is 24.7 Å². The molecule has 0 saturated carbocycles. The van der Waals surface area contributed by atoms with Crippen molar-refractivity contribution in [2.24, 2.45) is 5.92 Å². The molecular formula is C13H21N5O2. The zero-order valence-electron chi connectivity index (χ0n) is 12.2. The van der Waals surface area contributed by atoms with Crippen LogP contribution in [0.1, 0.15) is 33.0 Å². The molecule has 1 fully saturated rings. The van der Waals surface area contributed by atoms with Crippen LogP contribution in [0.5, 0.6) is 0 Å². The van der Waals surface area contributed by atoms with Crippen molar-refractivity contribution in [3.63, 3.8) is 0 Å². The average molecular weight is 279 g/mol. The third-order valence-electron chi connectivity index (χ3n) is 3.25. The second-order valence-electron chi connectivity index (χ2n) is 5.47. The van der Waals surface area contributed by atoms with Crippen LogP contribution in [0.2, 0.25) is 0 Å². The number of nitrogens with one attached hydrogen (secondary N) is 1. The van der Waals surface area contributed by atoms with Gasteiger partial charge >= 0.3 is 0 Å². The molecule has 1 saturated heterocycles. The summed E-state index contributed by atoms with van der Waals surface area (Å²) in [6, 6.07) is -0.419. The summed E-state index contributed by atoms with van der Waals surface area (Å²) in [6.45, 7) is 7.24. The zero-order valence-corrected chi connectivity index (χ0v) is 12.2. The number of amides is 2. The molecule has 0 radical (unpaired) electrons. The molecule has 7 heteroatoms. The topological polar surface area (TPSA) is 80.1 Å². The minimum atomic E-state index is -0.419. The monoisotopic (exact) mass is 279 g/mol. The summed E-state index contributed by atoms with van der Waals surface area (Å²) in [5.74, 6) is 0.994. The first-order chi connectivity index (χ1) is 9.51. The molecule has 7 nitrogen and oxygen atoms in total. The Morgan fingerprint density at radius 1 is 1.45 bits per heavy atom. The number of carbonyl (C=O) groups is 2. The van der Waals surface area contributed by atoms with Crippen molar-refractivity contribution in [2.75, 3.05) is 6.54 Å². The van der Waals surface area contributed by atoms with Crippen LogP contribution >= 0.6 is 0 Å². The predicted molar refractivity (Wildman–Crippen MR) is 72.5 cm³/mol. The summed E-state index contributed by atoms with van der Waals surface area (Å²) in [4.78, 5) is 29.6. The van der Waals surface area contributed by atoms with Gasteiger partial charge in [0.05, 0.1) is 6.54 Å². The fourth-order valence-electron chi connectivity index (χ4n) is 2.26. The summed E-state index contributed by atoms with van der Waals surface area (Å²) >= 11 is 0. The second-order valence-corrected chi connectivity index (χ2v) is 5.47. The largest absolute Gasteiger partial charge is 0.343 e. The molecule has 0 spiro atoms. The summed E-state index contributed by atoms with van der Waals surface area (Å²) in [5.41, 5.74) is 0. The zero-order chi connectivity index (χ0) is 14.7. The quantitative estimate of drug-likeness (QED) is 0.833. The van der Waals surface area contributed by atoms with Gasteiger partial charge in [-0.2, -0.15) is 5.10 Å². The highest BCUT2D eigenvalue weighted by Gasteiger charge is 2.32. The molecule has 20 heavy (non-hydrogen) atoms. The molecule has 1 aliphatic heterocycles. The van der Waals surface area contributed by atoms with Crippen molar-refractivity contribution < 1.29 is 9.59 Å². The Labute approximate surface area is 118 Å². The van der Waals surface area contributed by atoms with E-state index in [0.29, 0.717) is 18.9 Å². The fourth-order valence-corrected chi connectivity index (χ4v) is 2.26. The first-order valence-electron chi connectivity index (χ1n) is 6.96. The minimum absolute atomic E-state index is 0.0498. The van der Waals surface area contributed by atoms with Gasteiger partial charge in [-0.05, 0) is 12.3 Å². The van der Waals surface area contributed by atoms with E-state index in [1.807, 2.05) is 6.92 Å². The van der Waals surface area contributed by atoms with Crippen molar-refractivity contribution in [1.29, 1.82) is 0 Å². The molecule has 110 valence electrons. The van der Waals surface area contributed by atoms with Crippen molar-refractivity contribution in [2.45, 2.75) is 46.3 Å². The summed E-state index contributed by atoms with van der Waals surface area (Å²) < 4.78 is 1.80. The maximum absolute atomic E-state index is 12.2. The Balaban J connectivity index is 2.10. The highest BCUT2D eigenvalue weighted by atomic mass is 16.2. The molecule has 2 rings (SSSR count). The van der Waals surface area contributed by atoms with Gasteiger partial charge in [0.15, 0.2) is 0 Å². The van der Waals surface area contributed by atoms with Gasteiger partial charge in [-0.15, -0.1) is 0 Å². The van der Waals surface area contributed by atoms with E-state index in [2.05, 4.69) is 29.2 Å². The number of aromatic nitrogens is 3. The molecule has 1 aromatic heterocycles. The predicted octanol–water partition coefficient (Wildman–Crippen LogP) is 0.171. The Morgan fingerprint density at radius 3 is 2.85 bits per heavy atom. The molecule has 1 unspecified atom stereocenters. The van der Waals surface area contributed by atoms with Crippen LogP contribution in [0.3, 0.4) is 0 Å². The Kier molecular flexibility index (Phi) is 4.36. The van der Waals surface area contributed by atoms with Gasteiger partial charge in [-0.1, -0.05) is 20.8 Å². The van der Waals surface area contributed by atoms with Gasteiger partial charge in [0.25, 0.3) is 0 Å². The van der Waals surface area contributed by atoms with Crippen molar-refractivity contribution in [3.05, 3.63) is 12.2 Å². The maximum Gasteiger partial charge on any atom is 0.246 e. The number of hydrogen-bond acceptors (Lipinski definition) is 4. The van der Waals surface area contributed by atoms with Crippen molar-refractivity contribution >= 4 is 11.8 Å². The van der Waals surface area contributed by atoms with E-state index in [1.54, 1.807) is 9.58 Å². The lowest BCUT2D eigenvalue weighted by Crippen LogP contribution is -2.57. The van der Waals surface area contributed by atoms with Gasteiger partial charge in [-0.25, -0.2) is 9.67 Å². The molecule has 0 bridgehead atoms.